The molecule has 0 saturated carbocycles. The van der Waals surface area contributed by atoms with Crippen molar-refractivity contribution in [1.82, 2.24) is 0 Å². The van der Waals surface area contributed by atoms with Crippen LogP contribution in [-0.2, 0) is 0 Å². The Labute approximate surface area is 146 Å². The highest BCUT2D eigenvalue weighted by Crippen LogP contribution is 2.33. The second kappa shape index (κ2) is 11.5. The van der Waals surface area contributed by atoms with Crippen LogP contribution in [0.5, 0.6) is 0 Å². The van der Waals surface area contributed by atoms with Crippen molar-refractivity contribution in [2.45, 2.75) is 124 Å². The molecule has 0 heterocycles. The maximum absolute atomic E-state index is 10.3. The summed E-state index contributed by atoms with van der Waals surface area (Å²) < 4.78 is 0. The Morgan fingerprint density at radius 3 is 1.87 bits per heavy atom. The van der Waals surface area contributed by atoms with Crippen LogP contribution in [0.4, 0.5) is 0 Å². The van der Waals surface area contributed by atoms with Crippen LogP contribution in [0, 0.1) is 11.3 Å². The van der Waals surface area contributed by atoms with Crippen LogP contribution in [0.15, 0.2) is 0 Å². The molecule has 2 heteroatoms. The Bertz CT molecular complexity index is 278. The highest BCUT2D eigenvalue weighted by molar-refractivity contribution is 4.89. The fourth-order valence-electron chi connectivity index (χ4n) is 3.74. The third-order valence-electron chi connectivity index (χ3n) is 5.48. The highest BCUT2D eigenvalue weighted by Gasteiger charge is 2.31. The number of hydrogen-bond donors (Lipinski definition) is 2. The van der Waals surface area contributed by atoms with Crippen molar-refractivity contribution in [2.24, 2.45) is 17.1 Å². The smallest absolute Gasteiger partial charge is 0.0545 e. The van der Waals surface area contributed by atoms with Crippen molar-refractivity contribution in [1.29, 1.82) is 0 Å². The monoisotopic (exact) mass is 327 g/mol. The van der Waals surface area contributed by atoms with Gasteiger partial charge in [0.1, 0.15) is 0 Å². The van der Waals surface area contributed by atoms with Gasteiger partial charge in [-0.3, -0.25) is 0 Å². The standard InChI is InChI=1S/C21H45NO/c1-7-10-11-12-13-14-18(21(22,8-2)9-3)15-16-19(23)17-20(4,5)6/h18-19,23H,7-17,22H2,1-6H3. The molecule has 0 aromatic heterocycles. The zero-order chi connectivity index (χ0) is 17.9. The van der Waals surface area contributed by atoms with E-state index in [0.717, 1.165) is 32.1 Å². The van der Waals surface area contributed by atoms with Gasteiger partial charge >= 0.3 is 0 Å². The minimum Gasteiger partial charge on any atom is -0.393 e. The lowest BCUT2D eigenvalue weighted by molar-refractivity contribution is 0.0954. The van der Waals surface area contributed by atoms with Crippen LogP contribution in [-0.4, -0.2) is 16.7 Å². The molecule has 0 radical (unpaired) electrons. The van der Waals surface area contributed by atoms with E-state index in [-0.39, 0.29) is 17.1 Å². The van der Waals surface area contributed by atoms with E-state index in [1.54, 1.807) is 0 Å². The number of nitrogens with two attached hydrogens (primary N) is 1. The molecule has 23 heavy (non-hydrogen) atoms. The highest BCUT2D eigenvalue weighted by atomic mass is 16.3. The third-order valence-corrected chi connectivity index (χ3v) is 5.48. The van der Waals surface area contributed by atoms with Crippen molar-refractivity contribution in [3.63, 3.8) is 0 Å². The number of aliphatic hydroxyl groups is 1. The van der Waals surface area contributed by atoms with Crippen molar-refractivity contribution >= 4 is 0 Å². The summed E-state index contributed by atoms with van der Waals surface area (Å²) in [6, 6.07) is 0. The van der Waals surface area contributed by atoms with Gasteiger partial charge in [-0.25, -0.2) is 0 Å². The van der Waals surface area contributed by atoms with E-state index in [9.17, 15) is 5.11 Å². The average molecular weight is 328 g/mol. The van der Waals surface area contributed by atoms with Crippen LogP contribution in [0.1, 0.15) is 112 Å². The van der Waals surface area contributed by atoms with Crippen LogP contribution in [0.25, 0.3) is 0 Å². The molecule has 0 aliphatic carbocycles. The topological polar surface area (TPSA) is 46.2 Å². The van der Waals surface area contributed by atoms with Gasteiger partial charge in [-0.1, -0.05) is 73.6 Å². The Hall–Kier alpha value is -0.0800. The van der Waals surface area contributed by atoms with E-state index < -0.39 is 0 Å². The van der Waals surface area contributed by atoms with Crippen LogP contribution < -0.4 is 5.73 Å². The Balaban J connectivity index is 4.48. The van der Waals surface area contributed by atoms with Gasteiger partial charge in [0.05, 0.1) is 6.10 Å². The molecule has 2 atom stereocenters. The maximum Gasteiger partial charge on any atom is 0.0545 e. The molecule has 0 rings (SSSR count). The van der Waals surface area contributed by atoms with E-state index in [1.807, 2.05) is 0 Å². The Morgan fingerprint density at radius 2 is 1.39 bits per heavy atom. The van der Waals surface area contributed by atoms with E-state index in [1.165, 1.54) is 38.5 Å². The first-order valence-electron chi connectivity index (χ1n) is 10.2. The molecule has 0 saturated heterocycles. The van der Waals surface area contributed by atoms with Gasteiger partial charge in [-0.05, 0) is 49.9 Å². The molecule has 0 spiro atoms. The predicted octanol–water partition coefficient (Wildman–Crippen LogP) is 6.06. The van der Waals surface area contributed by atoms with Gasteiger partial charge in [0.25, 0.3) is 0 Å². The summed E-state index contributed by atoms with van der Waals surface area (Å²) >= 11 is 0. The fourth-order valence-corrected chi connectivity index (χ4v) is 3.74. The van der Waals surface area contributed by atoms with Crippen molar-refractivity contribution < 1.29 is 5.11 Å². The quantitative estimate of drug-likeness (QED) is 0.404. The molecule has 0 aliphatic rings. The molecule has 0 aromatic carbocycles. The summed E-state index contributed by atoms with van der Waals surface area (Å²) in [6.45, 7) is 13.3. The van der Waals surface area contributed by atoms with Crippen molar-refractivity contribution in [3.05, 3.63) is 0 Å². The summed E-state index contributed by atoms with van der Waals surface area (Å²) in [5.74, 6) is 0.550. The van der Waals surface area contributed by atoms with E-state index >= 15 is 0 Å². The lowest BCUT2D eigenvalue weighted by Crippen LogP contribution is -2.46. The number of aliphatic hydroxyl groups excluding tert-OH is 1. The zero-order valence-corrected chi connectivity index (χ0v) is 17.0. The summed E-state index contributed by atoms with van der Waals surface area (Å²) in [7, 11) is 0. The molecular formula is C21H45NO. The molecule has 140 valence electrons. The summed E-state index contributed by atoms with van der Waals surface area (Å²) in [5.41, 5.74) is 6.86. The maximum atomic E-state index is 10.3. The number of hydrogen-bond acceptors (Lipinski definition) is 2. The number of rotatable bonds is 13. The predicted molar refractivity (Wildman–Crippen MR) is 104 cm³/mol. The Kier molecular flexibility index (Phi) is 11.4. The molecule has 0 amide bonds. The largest absolute Gasteiger partial charge is 0.393 e. The molecule has 0 aromatic rings. The molecule has 2 unspecified atom stereocenters. The van der Waals surface area contributed by atoms with Crippen LogP contribution >= 0.6 is 0 Å². The summed E-state index contributed by atoms with van der Waals surface area (Å²) in [5, 5.41) is 10.3. The third kappa shape index (κ3) is 10.4. The number of unbranched alkanes of at least 4 members (excludes halogenated alkanes) is 4. The lowest BCUT2D eigenvalue weighted by atomic mass is 9.74. The zero-order valence-electron chi connectivity index (χ0n) is 17.0. The second-order valence-corrected chi connectivity index (χ2v) is 8.84. The summed E-state index contributed by atoms with van der Waals surface area (Å²) in [4.78, 5) is 0. The minimum atomic E-state index is -0.185. The minimum absolute atomic E-state index is 0.0494. The first kappa shape index (κ1) is 22.9. The van der Waals surface area contributed by atoms with Gasteiger partial charge in [0, 0.05) is 5.54 Å². The average Bonchev–Trinajstić information content (AvgIpc) is 2.47. The summed E-state index contributed by atoms with van der Waals surface area (Å²) in [6.07, 6.45) is 12.6. The normalized spacial score (nSPS) is 15.7. The van der Waals surface area contributed by atoms with Crippen LogP contribution in [0.2, 0.25) is 0 Å². The molecule has 2 nitrogen and oxygen atoms in total. The fraction of sp³-hybridized carbons (Fsp3) is 1.00. The van der Waals surface area contributed by atoms with Gasteiger partial charge in [-0.15, -0.1) is 0 Å². The molecule has 0 bridgehead atoms. The van der Waals surface area contributed by atoms with Gasteiger partial charge in [0.2, 0.25) is 0 Å². The second-order valence-electron chi connectivity index (χ2n) is 8.84. The lowest BCUT2D eigenvalue weighted by Gasteiger charge is -2.37. The van der Waals surface area contributed by atoms with Crippen molar-refractivity contribution in [3.8, 4) is 0 Å². The molecule has 0 aliphatic heterocycles. The van der Waals surface area contributed by atoms with E-state index in [0.29, 0.717) is 5.92 Å². The van der Waals surface area contributed by atoms with Gasteiger partial charge in [-0.2, -0.15) is 0 Å². The molecule has 3 N–H and O–H groups in total. The first-order valence-corrected chi connectivity index (χ1v) is 10.2. The van der Waals surface area contributed by atoms with E-state index in [2.05, 4.69) is 41.5 Å². The van der Waals surface area contributed by atoms with Gasteiger partial charge < -0.3 is 10.8 Å². The molecular weight excluding hydrogens is 282 g/mol. The van der Waals surface area contributed by atoms with Crippen molar-refractivity contribution in [2.75, 3.05) is 0 Å². The Morgan fingerprint density at radius 1 is 0.826 bits per heavy atom. The first-order chi connectivity index (χ1) is 10.7. The van der Waals surface area contributed by atoms with Gasteiger partial charge in [0.15, 0.2) is 0 Å². The van der Waals surface area contributed by atoms with E-state index in [4.69, 9.17) is 5.73 Å². The van der Waals surface area contributed by atoms with Crippen LogP contribution in [0.3, 0.4) is 0 Å². The SMILES string of the molecule is CCCCCCCC(CCC(O)CC(C)(C)C)C(N)(CC)CC. The molecule has 0 fully saturated rings.